The third-order valence-electron chi connectivity index (χ3n) is 4.30. The van der Waals surface area contributed by atoms with E-state index in [4.69, 9.17) is 9.47 Å². The van der Waals surface area contributed by atoms with Gasteiger partial charge in [0.1, 0.15) is 0 Å². The first-order chi connectivity index (χ1) is 15.4. The number of nitrogens with one attached hydrogen (secondary N) is 1. The van der Waals surface area contributed by atoms with Crippen molar-refractivity contribution in [3.63, 3.8) is 0 Å². The Labute approximate surface area is 183 Å². The maximum atomic E-state index is 12.6. The summed E-state index contributed by atoms with van der Waals surface area (Å²) in [6.45, 7) is -1.46. The van der Waals surface area contributed by atoms with Gasteiger partial charge >= 0.3 is 12.4 Å². The van der Waals surface area contributed by atoms with E-state index in [1.807, 2.05) is 0 Å². The number of rotatable bonds is 7. The quantitative estimate of drug-likeness (QED) is 0.482. The molecule has 1 amide bonds. The Balaban J connectivity index is 1.66. The van der Waals surface area contributed by atoms with Crippen LogP contribution in [0.5, 0.6) is 11.5 Å². The Hall–Kier alpha value is -3.70. The zero-order valence-electron chi connectivity index (χ0n) is 17.0. The van der Waals surface area contributed by atoms with Crippen LogP contribution in [0, 0.1) is 0 Å². The first-order valence-electron chi connectivity index (χ1n) is 9.33. The van der Waals surface area contributed by atoms with E-state index >= 15 is 0 Å². The number of nitrogens with zero attached hydrogens (tertiary/aromatic N) is 2. The summed E-state index contributed by atoms with van der Waals surface area (Å²) in [7, 11) is 1.27. The highest BCUT2D eigenvalue weighted by molar-refractivity contribution is 6.04. The average molecular weight is 473 g/mol. The van der Waals surface area contributed by atoms with Crippen LogP contribution in [0.15, 0.2) is 54.7 Å². The summed E-state index contributed by atoms with van der Waals surface area (Å²) in [5.41, 5.74) is 0.00859. The Morgan fingerprint density at radius 2 is 1.70 bits per heavy atom. The van der Waals surface area contributed by atoms with Crippen molar-refractivity contribution in [3.8, 4) is 11.5 Å². The number of halogens is 6. The molecule has 33 heavy (non-hydrogen) atoms. The van der Waals surface area contributed by atoms with Crippen LogP contribution in [-0.4, -0.2) is 35.6 Å². The number of benzene rings is 2. The van der Waals surface area contributed by atoms with Gasteiger partial charge in [-0.05, 0) is 35.9 Å². The van der Waals surface area contributed by atoms with Gasteiger partial charge in [-0.15, -0.1) is 0 Å². The molecular weight excluding hydrogens is 456 g/mol. The first-order valence-corrected chi connectivity index (χ1v) is 9.33. The van der Waals surface area contributed by atoms with Gasteiger partial charge in [0.2, 0.25) is 0 Å². The molecule has 1 aromatic heterocycles. The van der Waals surface area contributed by atoms with Crippen LogP contribution >= 0.6 is 0 Å². The SMILES string of the molecule is COc1ccc(NC(=O)c2ccc(Cn3ccc(C(F)(F)F)n3)cc2)cc1OCC(F)(F)F. The summed E-state index contributed by atoms with van der Waals surface area (Å²) >= 11 is 0. The van der Waals surface area contributed by atoms with Gasteiger partial charge < -0.3 is 14.8 Å². The molecule has 0 spiro atoms. The number of methoxy groups -OCH3 is 1. The lowest BCUT2D eigenvalue weighted by atomic mass is 10.1. The molecule has 176 valence electrons. The van der Waals surface area contributed by atoms with E-state index in [2.05, 4.69) is 10.4 Å². The number of aromatic nitrogens is 2. The molecule has 0 aliphatic heterocycles. The van der Waals surface area contributed by atoms with Crippen molar-refractivity contribution in [1.29, 1.82) is 0 Å². The molecule has 0 bridgehead atoms. The number of hydrogen-bond acceptors (Lipinski definition) is 4. The fourth-order valence-corrected chi connectivity index (χ4v) is 2.78. The second-order valence-electron chi connectivity index (χ2n) is 6.82. The summed E-state index contributed by atoms with van der Waals surface area (Å²) in [5, 5.41) is 6.00. The number of hydrogen-bond donors (Lipinski definition) is 1. The highest BCUT2D eigenvalue weighted by Crippen LogP contribution is 2.32. The Bertz CT molecular complexity index is 1110. The van der Waals surface area contributed by atoms with E-state index in [9.17, 15) is 31.1 Å². The molecule has 2 aromatic carbocycles. The van der Waals surface area contributed by atoms with Gasteiger partial charge in [0.15, 0.2) is 23.8 Å². The van der Waals surface area contributed by atoms with Crippen molar-refractivity contribution < 1.29 is 40.6 Å². The second kappa shape index (κ2) is 9.43. The lowest BCUT2D eigenvalue weighted by molar-refractivity contribution is -0.153. The van der Waals surface area contributed by atoms with Gasteiger partial charge in [-0.1, -0.05) is 12.1 Å². The van der Waals surface area contributed by atoms with E-state index in [0.29, 0.717) is 5.56 Å². The van der Waals surface area contributed by atoms with Gasteiger partial charge in [0, 0.05) is 23.5 Å². The molecule has 0 saturated carbocycles. The van der Waals surface area contributed by atoms with Crippen molar-refractivity contribution in [2.45, 2.75) is 18.9 Å². The fourth-order valence-electron chi connectivity index (χ4n) is 2.78. The predicted octanol–water partition coefficient (Wildman–Crippen LogP) is 5.15. The third-order valence-corrected chi connectivity index (χ3v) is 4.30. The van der Waals surface area contributed by atoms with Gasteiger partial charge in [-0.25, -0.2) is 0 Å². The minimum absolute atomic E-state index is 0.0638. The summed E-state index contributed by atoms with van der Waals surface area (Å²) in [5.74, 6) is -0.679. The second-order valence-corrected chi connectivity index (χ2v) is 6.82. The predicted molar refractivity (Wildman–Crippen MR) is 105 cm³/mol. The molecule has 0 saturated heterocycles. The number of alkyl halides is 6. The van der Waals surface area contributed by atoms with Crippen LogP contribution in [0.1, 0.15) is 21.6 Å². The van der Waals surface area contributed by atoms with Crippen molar-refractivity contribution in [1.82, 2.24) is 9.78 Å². The largest absolute Gasteiger partial charge is 0.493 e. The smallest absolute Gasteiger partial charge is 0.435 e. The van der Waals surface area contributed by atoms with Crippen LogP contribution in [0.2, 0.25) is 0 Å². The van der Waals surface area contributed by atoms with Gasteiger partial charge in [-0.2, -0.15) is 31.4 Å². The Kier molecular flexibility index (Phi) is 6.84. The summed E-state index contributed by atoms with van der Waals surface area (Å²) in [6.07, 6.45) is -7.88. The molecule has 0 atom stereocenters. The summed E-state index contributed by atoms with van der Waals surface area (Å²) < 4.78 is 86.1. The minimum atomic E-state index is -4.55. The molecule has 1 heterocycles. The molecule has 0 radical (unpaired) electrons. The van der Waals surface area contributed by atoms with Crippen LogP contribution in [0.4, 0.5) is 32.0 Å². The van der Waals surface area contributed by atoms with Gasteiger partial charge in [0.05, 0.1) is 13.7 Å². The molecule has 1 N–H and O–H groups in total. The first kappa shape index (κ1) is 24.0. The maximum absolute atomic E-state index is 12.6. The average Bonchev–Trinajstić information content (AvgIpc) is 3.21. The van der Waals surface area contributed by atoms with Crippen molar-refractivity contribution in [2.75, 3.05) is 19.0 Å². The lowest BCUT2D eigenvalue weighted by Crippen LogP contribution is -2.19. The molecule has 0 unspecified atom stereocenters. The molecule has 6 nitrogen and oxygen atoms in total. The van der Waals surface area contributed by atoms with Crippen molar-refractivity contribution in [3.05, 3.63) is 71.5 Å². The standard InChI is InChI=1S/C21H17F6N3O3/c1-32-16-7-6-15(10-17(16)33-12-20(22,23)24)28-19(31)14-4-2-13(3-5-14)11-30-9-8-18(29-30)21(25,26)27/h2-10H,11-12H2,1H3,(H,28,31). The maximum Gasteiger partial charge on any atom is 0.435 e. The van der Waals surface area contributed by atoms with E-state index in [-0.39, 0.29) is 29.3 Å². The zero-order chi connectivity index (χ0) is 24.2. The number of amides is 1. The van der Waals surface area contributed by atoms with Crippen LogP contribution in [0.3, 0.4) is 0 Å². The third kappa shape index (κ3) is 6.64. The number of carbonyl (C=O) groups is 1. The van der Waals surface area contributed by atoms with Gasteiger partial charge in [0.25, 0.3) is 5.91 Å². The van der Waals surface area contributed by atoms with Crippen LogP contribution in [0.25, 0.3) is 0 Å². The summed E-state index contributed by atoms with van der Waals surface area (Å²) in [6, 6.07) is 10.9. The molecule has 3 aromatic rings. The molecular formula is C21H17F6N3O3. The van der Waals surface area contributed by atoms with Crippen LogP contribution in [-0.2, 0) is 12.7 Å². The van der Waals surface area contributed by atoms with E-state index < -0.39 is 30.6 Å². The molecule has 3 rings (SSSR count). The van der Waals surface area contributed by atoms with Gasteiger partial charge in [-0.3, -0.25) is 9.48 Å². The van der Waals surface area contributed by atoms with Crippen molar-refractivity contribution in [2.24, 2.45) is 0 Å². The molecule has 0 aliphatic carbocycles. The highest BCUT2D eigenvalue weighted by Gasteiger charge is 2.33. The Morgan fingerprint density at radius 1 is 1.00 bits per heavy atom. The normalized spacial score (nSPS) is 11.8. The zero-order valence-corrected chi connectivity index (χ0v) is 17.0. The highest BCUT2D eigenvalue weighted by atomic mass is 19.4. The number of ether oxygens (including phenoxy) is 2. The topological polar surface area (TPSA) is 65.4 Å². The monoisotopic (exact) mass is 473 g/mol. The van der Waals surface area contributed by atoms with E-state index in [0.717, 1.165) is 10.7 Å². The molecule has 12 heteroatoms. The minimum Gasteiger partial charge on any atom is -0.493 e. The summed E-state index contributed by atoms with van der Waals surface area (Å²) in [4.78, 5) is 12.5. The molecule has 0 aliphatic rings. The van der Waals surface area contributed by atoms with E-state index in [1.165, 1.54) is 43.6 Å². The molecule has 0 fully saturated rings. The number of anilines is 1. The lowest BCUT2D eigenvalue weighted by Gasteiger charge is -2.14. The van der Waals surface area contributed by atoms with Crippen molar-refractivity contribution >= 4 is 11.6 Å². The Morgan fingerprint density at radius 3 is 2.27 bits per heavy atom. The van der Waals surface area contributed by atoms with E-state index in [1.54, 1.807) is 12.1 Å². The van der Waals surface area contributed by atoms with Crippen LogP contribution < -0.4 is 14.8 Å². The fraction of sp³-hybridized carbons (Fsp3) is 0.238. The number of carbonyl (C=O) groups excluding carboxylic acids is 1.